The average molecular weight is 264 g/mol. The summed E-state index contributed by atoms with van der Waals surface area (Å²) in [6.07, 6.45) is 7.72. The lowest BCUT2D eigenvalue weighted by atomic mass is 9.52. The first kappa shape index (κ1) is 12.7. The molecule has 2 aliphatic rings. The first-order chi connectivity index (χ1) is 9.17. The van der Waals surface area contributed by atoms with Gasteiger partial charge in [-0.15, -0.1) is 0 Å². The van der Waals surface area contributed by atoms with Gasteiger partial charge >= 0.3 is 5.97 Å². The SMILES string of the molecule is CCOC1CC(OC(=O)c2cncn2C)C12CCC2. The topological polar surface area (TPSA) is 53.4 Å². The highest BCUT2D eigenvalue weighted by molar-refractivity contribution is 5.87. The van der Waals surface area contributed by atoms with E-state index in [2.05, 4.69) is 4.98 Å². The van der Waals surface area contributed by atoms with Crippen LogP contribution in [0.3, 0.4) is 0 Å². The second kappa shape index (κ2) is 4.63. The van der Waals surface area contributed by atoms with Crippen molar-refractivity contribution in [2.45, 2.75) is 44.8 Å². The van der Waals surface area contributed by atoms with E-state index >= 15 is 0 Å². The third-order valence-corrected chi connectivity index (χ3v) is 4.64. The molecule has 5 heteroatoms. The number of carbonyl (C=O) groups is 1. The molecule has 0 aliphatic heterocycles. The minimum absolute atomic E-state index is 0.0141. The zero-order chi connectivity index (χ0) is 13.5. The Hall–Kier alpha value is -1.36. The molecule has 0 bridgehead atoms. The number of ether oxygens (including phenoxy) is 2. The van der Waals surface area contributed by atoms with Crippen molar-refractivity contribution in [3.05, 3.63) is 18.2 Å². The van der Waals surface area contributed by atoms with Crippen LogP contribution in [0.1, 0.15) is 43.1 Å². The maximum absolute atomic E-state index is 12.1. The van der Waals surface area contributed by atoms with Crippen molar-refractivity contribution in [3.63, 3.8) is 0 Å². The van der Waals surface area contributed by atoms with Gasteiger partial charge in [0.15, 0.2) is 0 Å². The molecule has 2 unspecified atom stereocenters. The molecule has 19 heavy (non-hydrogen) atoms. The van der Waals surface area contributed by atoms with Crippen molar-refractivity contribution in [1.29, 1.82) is 0 Å². The number of hydrogen-bond acceptors (Lipinski definition) is 4. The summed E-state index contributed by atoms with van der Waals surface area (Å²) in [6, 6.07) is 0. The summed E-state index contributed by atoms with van der Waals surface area (Å²) in [5.74, 6) is -0.272. The number of imidazole rings is 1. The zero-order valence-electron chi connectivity index (χ0n) is 11.5. The predicted octanol–water partition coefficient (Wildman–Crippen LogP) is 1.92. The molecule has 1 aromatic heterocycles. The van der Waals surface area contributed by atoms with Gasteiger partial charge in [-0.3, -0.25) is 0 Å². The fraction of sp³-hybridized carbons (Fsp3) is 0.714. The molecule has 0 aromatic carbocycles. The van der Waals surface area contributed by atoms with Gasteiger partial charge in [0.05, 0.1) is 18.6 Å². The van der Waals surface area contributed by atoms with Crippen LogP contribution >= 0.6 is 0 Å². The molecular weight excluding hydrogens is 244 g/mol. The number of aromatic nitrogens is 2. The van der Waals surface area contributed by atoms with Crippen molar-refractivity contribution >= 4 is 5.97 Å². The molecule has 2 aliphatic carbocycles. The van der Waals surface area contributed by atoms with E-state index in [-0.39, 0.29) is 23.6 Å². The molecule has 5 nitrogen and oxygen atoms in total. The van der Waals surface area contributed by atoms with Gasteiger partial charge in [-0.2, -0.15) is 0 Å². The Labute approximate surface area is 112 Å². The van der Waals surface area contributed by atoms with E-state index in [1.54, 1.807) is 24.1 Å². The standard InChI is InChI=1S/C14H20N2O3/c1-3-18-11-7-12(14(11)5-4-6-14)19-13(17)10-8-15-9-16(10)2/h8-9,11-12H,3-7H2,1-2H3. The Bertz CT molecular complexity index is 479. The summed E-state index contributed by atoms with van der Waals surface area (Å²) in [4.78, 5) is 16.0. The van der Waals surface area contributed by atoms with Crippen molar-refractivity contribution in [2.75, 3.05) is 6.61 Å². The van der Waals surface area contributed by atoms with Crippen LogP contribution in [0, 0.1) is 5.41 Å². The summed E-state index contributed by atoms with van der Waals surface area (Å²) in [5.41, 5.74) is 0.610. The summed E-state index contributed by atoms with van der Waals surface area (Å²) in [5, 5.41) is 0. The summed E-state index contributed by atoms with van der Waals surface area (Å²) in [6.45, 7) is 2.75. The van der Waals surface area contributed by atoms with Crippen LogP contribution < -0.4 is 0 Å². The Morgan fingerprint density at radius 1 is 1.53 bits per heavy atom. The molecule has 0 amide bonds. The molecule has 1 spiro atoms. The minimum atomic E-state index is -0.272. The fourth-order valence-corrected chi connectivity index (χ4v) is 3.28. The minimum Gasteiger partial charge on any atom is -0.457 e. The highest BCUT2D eigenvalue weighted by Crippen LogP contribution is 2.58. The van der Waals surface area contributed by atoms with Crippen molar-refractivity contribution in [1.82, 2.24) is 9.55 Å². The quantitative estimate of drug-likeness (QED) is 0.780. The second-order valence-electron chi connectivity index (χ2n) is 5.55. The van der Waals surface area contributed by atoms with E-state index in [1.807, 2.05) is 6.92 Å². The largest absolute Gasteiger partial charge is 0.457 e. The lowest BCUT2D eigenvalue weighted by Crippen LogP contribution is -2.63. The van der Waals surface area contributed by atoms with Gasteiger partial charge < -0.3 is 14.0 Å². The number of hydrogen-bond donors (Lipinski definition) is 0. The van der Waals surface area contributed by atoms with Crippen LogP contribution in [0.4, 0.5) is 0 Å². The van der Waals surface area contributed by atoms with E-state index in [9.17, 15) is 4.79 Å². The molecule has 1 aromatic rings. The normalized spacial score (nSPS) is 27.7. The monoisotopic (exact) mass is 264 g/mol. The van der Waals surface area contributed by atoms with Gasteiger partial charge in [-0.05, 0) is 19.8 Å². The van der Waals surface area contributed by atoms with E-state index in [0.29, 0.717) is 5.69 Å². The molecule has 0 saturated heterocycles. The van der Waals surface area contributed by atoms with Gasteiger partial charge in [0.2, 0.25) is 0 Å². The Kier molecular flexibility index (Phi) is 3.09. The van der Waals surface area contributed by atoms with Gasteiger partial charge in [-0.1, -0.05) is 6.42 Å². The fourth-order valence-electron chi connectivity index (χ4n) is 3.28. The highest BCUT2D eigenvalue weighted by Gasteiger charge is 2.61. The van der Waals surface area contributed by atoms with Crippen molar-refractivity contribution in [2.24, 2.45) is 12.5 Å². The predicted molar refractivity (Wildman–Crippen MR) is 68.7 cm³/mol. The van der Waals surface area contributed by atoms with Crippen molar-refractivity contribution in [3.8, 4) is 0 Å². The molecule has 2 saturated carbocycles. The number of rotatable bonds is 4. The Balaban J connectivity index is 1.65. The van der Waals surface area contributed by atoms with Crippen LogP contribution in [-0.2, 0) is 16.5 Å². The third-order valence-electron chi connectivity index (χ3n) is 4.64. The highest BCUT2D eigenvalue weighted by atomic mass is 16.6. The summed E-state index contributed by atoms with van der Waals surface area (Å²) in [7, 11) is 1.80. The van der Waals surface area contributed by atoms with Crippen LogP contribution in [0.5, 0.6) is 0 Å². The molecule has 1 heterocycles. The van der Waals surface area contributed by atoms with E-state index < -0.39 is 0 Å². The summed E-state index contributed by atoms with van der Waals surface area (Å²) >= 11 is 0. The molecule has 104 valence electrons. The summed E-state index contributed by atoms with van der Waals surface area (Å²) < 4.78 is 13.1. The molecule has 2 atom stereocenters. The van der Waals surface area contributed by atoms with Gasteiger partial charge in [0.1, 0.15) is 11.8 Å². The Morgan fingerprint density at radius 3 is 2.84 bits per heavy atom. The van der Waals surface area contributed by atoms with Gasteiger partial charge in [0.25, 0.3) is 0 Å². The van der Waals surface area contributed by atoms with Crippen molar-refractivity contribution < 1.29 is 14.3 Å². The maximum atomic E-state index is 12.1. The molecule has 2 fully saturated rings. The first-order valence-electron chi connectivity index (χ1n) is 6.96. The number of aryl methyl sites for hydroxylation is 1. The van der Waals surface area contributed by atoms with Crippen LogP contribution in [-0.4, -0.2) is 34.3 Å². The first-order valence-corrected chi connectivity index (χ1v) is 6.96. The lowest BCUT2D eigenvalue weighted by Gasteiger charge is -2.59. The Morgan fingerprint density at radius 2 is 2.32 bits per heavy atom. The molecule has 0 radical (unpaired) electrons. The smallest absolute Gasteiger partial charge is 0.356 e. The second-order valence-corrected chi connectivity index (χ2v) is 5.55. The van der Waals surface area contributed by atoms with E-state index in [1.165, 1.54) is 6.42 Å². The average Bonchev–Trinajstić information content (AvgIpc) is 2.71. The maximum Gasteiger partial charge on any atom is 0.356 e. The number of esters is 1. The zero-order valence-corrected chi connectivity index (χ0v) is 11.5. The van der Waals surface area contributed by atoms with E-state index in [0.717, 1.165) is 25.9 Å². The van der Waals surface area contributed by atoms with Crippen LogP contribution in [0.2, 0.25) is 0 Å². The van der Waals surface area contributed by atoms with Crippen LogP contribution in [0.25, 0.3) is 0 Å². The van der Waals surface area contributed by atoms with Gasteiger partial charge in [-0.25, -0.2) is 9.78 Å². The van der Waals surface area contributed by atoms with Gasteiger partial charge in [0, 0.05) is 25.5 Å². The number of carbonyl (C=O) groups excluding carboxylic acids is 1. The van der Waals surface area contributed by atoms with Crippen LogP contribution in [0.15, 0.2) is 12.5 Å². The molecular formula is C14H20N2O3. The lowest BCUT2D eigenvalue weighted by molar-refractivity contribution is -0.225. The molecule has 3 rings (SSSR count). The third kappa shape index (κ3) is 1.87. The van der Waals surface area contributed by atoms with E-state index in [4.69, 9.17) is 9.47 Å². The molecule has 0 N–H and O–H groups in total. The number of nitrogens with zero attached hydrogens (tertiary/aromatic N) is 2.